The molecule has 3 aromatic rings. The normalized spacial score (nSPS) is 15.3. The zero-order chi connectivity index (χ0) is 15.8. The number of aryl methyl sites for hydroxylation is 1. The predicted molar refractivity (Wildman–Crippen MR) is 92.9 cm³/mol. The van der Waals surface area contributed by atoms with Crippen LogP contribution in [0, 0.1) is 6.92 Å². The molecule has 0 atom stereocenters. The highest BCUT2D eigenvalue weighted by atomic mass is 16.3. The van der Waals surface area contributed by atoms with Gasteiger partial charge in [0.2, 0.25) is 0 Å². The van der Waals surface area contributed by atoms with Crippen LogP contribution in [0.3, 0.4) is 0 Å². The first kappa shape index (κ1) is 14.1. The molecule has 4 rings (SSSR count). The van der Waals surface area contributed by atoms with Crippen LogP contribution in [0.5, 0.6) is 5.75 Å². The molecule has 23 heavy (non-hydrogen) atoms. The number of pyridine rings is 1. The van der Waals surface area contributed by atoms with Gasteiger partial charge in [-0.05, 0) is 55.7 Å². The quantitative estimate of drug-likeness (QED) is 0.755. The zero-order valence-electron chi connectivity index (χ0n) is 13.3. The molecule has 4 nitrogen and oxygen atoms in total. The number of hydrogen-bond donors (Lipinski definition) is 2. The van der Waals surface area contributed by atoms with E-state index in [4.69, 9.17) is 4.98 Å². The number of aromatic nitrogens is 2. The Morgan fingerprint density at radius 2 is 1.83 bits per heavy atom. The molecule has 1 aliphatic carbocycles. The maximum absolute atomic E-state index is 9.54. The lowest BCUT2D eigenvalue weighted by Gasteiger charge is -2.15. The lowest BCUT2D eigenvalue weighted by molar-refractivity contribution is 0.475. The molecule has 2 N–H and O–H groups in total. The molecule has 1 fully saturated rings. The summed E-state index contributed by atoms with van der Waals surface area (Å²) in [5, 5.41) is 13.2. The summed E-state index contributed by atoms with van der Waals surface area (Å²) in [5.74, 6) is 1.33. The van der Waals surface area contributed by atoms with Gasteiger partial charge in [-0.15, -0.1) is 0 Å². The Kier molecular flexibility index (Phi) is 3.45. The number of nitrogens with zero attached hydrogens (tertiary/aromatic N) is 2. The van der Waals surface area contributed by atoms with Gasteiger partial charge in [0.15, 0.2) is 0 Å². The van der Waals surface area contributed by atoms with Crippen molar-refractivity contribution in [1.29, 1.82) is 0 Å². The van der Waals surface area contributed by atoms with Gasteiger partial charge in [0, 0.05) is 17.8 Å². The highest BCUT2D eigenvalue weighted by Gasteiger charge is 2.20. The monoisotopic (exact) mass is 307 g/mol. The molecule has 2 aromatic heterocycles. The van der Waals surface area contributed by atoms with Crippen molar-refractivity contribution in [3.8, 4) is 17.0 Å². The largest absolute Gasteiger partial charge is 0.508 e. The van der Waals surface area contributed by atoms with Crippen LogP contribution < -0.4 is 5.32 Å². The second kappa shape index (κ2) is 5.61. The fraction of sp³-hybridized carbons (Fsp3) is 0.316. The predicted octanol–water partition coefficient (Wildman–Crippen LogP) is 4.37. The molecule has 0 saturated heterocycles. The number of aromatic hydroxyl groups is 1. The molecule has 2 heterocycles. The number of rotatable bonds is 3. The molecule has 0 spiro atoms. The van der Waals surface area contributed by atoms with Crippen LogP contribution in [0.25, 0.3) is 16.9 Å². The summed E-state index contributed by atoms with van der Waals surface area (Å²) in [6, 6.07) is 11.9. The third-order valence-corrected chi connectivity index (χ3v) is 4.60. The van der Waals surface area contributed by atoms with E-state index in [-0.39, 0.29) is 5.75 Å². The van der Waals surface area contributed by atoms with Crippen molar-refractivity contribution in [3.63, 3.8) is 0 Å². The summed E-state index contributed by atoms with van der Waals surface area (Å²) < 4.78 is 2.15. The van der Waals surface area contributed by atoms with Crippen molar-refractivity contribution in [2.75, 3.05) is 5.32 Å². The third-order valence-electron chi connectivity index (χ3n) is 4.60. The third kappa shape index (κ3) is 2.65. The molecule has 0 amide bonds. The van der Waals surface area contributed by atoms with Gasteiger partial charge in [-0.1, -0.05) is 18.9 Å². The molecule has 1 saturated carbocycles. The van der Waals surface area contributed by atoms with Crippen molar-refractivity contribution in [2.24, 2.45) is 0 Å². The van der Waals surface area contributed by atoms with Crippen LogP contribution in [-0.2, 0) is 0 Å². The van der Waals surface area contributed by atoms with Gasteiger partial charge in [-0.2, -0.15) is 0 Å². The Balaban J connectivity index is 1.85. The number of benzene rings is 1. The fourth-order valence-electron chi connectivity index (χ4n) is 3.37. The topological polar surface area (TPSA) is 49.6 Å². The fourth-order valence-corrected chi connectivity index (χ4v) is 3.37. The van der Waals surface area contributed by atoms with E-state index < -0.39 is 0 Å². The first-order valence-electron chi connectivity index (χ1n) is 8.25. The van der Waals surface area contributed by atoms with Gasteiger partial charge in [0.1, 0.15) is 22.9 Å². The maximum atomic E-state index is 9.54. The first-order valence-corrected chi connectivity index (χ1v) is 8.25. The number of anilines is 1. The number of hydrogen-bond acceptors (Lipinski definition) is 3. The molecule has 0 radical (unpaired) electrons. The summed E-state index contributed by atoms with van der Waals surface area (Å²) in [7, 11) is 0. The van der Waals surface area contributed by atoms with E-state index in [0.717, 1.165) is 22.7 Å². The van der Waals surface area contributed by atoms with E-state index in [1.165, 1.54) is 31.2 Å². The highest BCUT2D eigenvalue weighted by molar-refractivity contribution is 5.77. The SMILES string of the molecule is Cc1ccc2nc(-c3ccc(O)cc3)c(NC3CCCC3)n2c1. The number of phenols is 1. The lowest BCUT2D eigenvalue weighted by atomic mass is 10.1. The van der Waals surface area contributed by atoms with E-state index in [2.05, 4.69) is 35.0 Å². The minimum atomic E-state index is 0.277. The molecule has 0 aliphatic heterocycles. The van der Waals surface area contributed by atoms with Gasteiger partial charge < -0.3 is 10.4 Å². The maximum Gasteiger partial charge on any atom is 0.139 e. The Hall–Kier alpha value is -2.49. The van der Waals surface area contributed by atoms with Crippen molar-refractivity contribution in [2.45, 2.75) is 38.6 Å². The molecule has 1 aromatic carbocycles. The average molecular weight is 307 g/mol. The van der Waals surface area contributed by atoms with Gasteiger partial charge in [-0.25, -0.2) is 4.98 Å². The van der Waals surface area contributed by atoms with Crippen LogP contribution in [0.2, 0.25) is 0 Å². The Morgan fingerprint density at radius 1 is 1.09 bits per heavy atom. The Labute approximate surface area is 135 Å². The summed E-state index contributed by atoms with van der Waals surface area (Å²) in [4.78, 5) is 4.81. The summed E-state index contributed by atoms with van der Waals surface area (Å²) in [5.41, 5.74) is 4.12. The molecule has 0 bridgehead atoms. The van der Waals surface area contributed by atoms with Crippen LogP contribution >= 0.6 is 0 Å². The van der Waals surface area contributed by atoms with E-state index in [0.29, 0.717) is 6.04 Å². The molecule has 0 unspecified atom stereocenters. The molecule has 118 valence electrons. The number of phenolic OH excluding ortho intramolecular Hbond substituents is 1. The second-order valence-electron chi connectivity index (χ2n) is 6.42. The van der Waals surface area contributed by atoms with E-state index in [1.807, 2.05) is 12.1 Å². The van der Waals surface area contributed by atoms with Crippen molar-refractivity contribution in [1.82, 2.24) is 9.38 Å². The van der Waals surface area contributed by atoms with Gasteiger partial charge >= 0.3 is 0 Å². The van der Waals surface area contributed by atoms with Crippen LogP contribution in [-0.4, -0.2) is 20.5 Å². The van der Waals surface area contributed by atoms with E-state index >= 15 is 0 Å². The number of fused-ring (bicyclic) bond motifs is 1. The van der Waals surface area contributed by atoms with Gasteiger partial charge in [-0.3, -0.25) is 4.40 Å². The van der Waals surface area contributed by atoms with Crippen molar-refractivity contribution < 1.29 is 5.11 Å². The van der Waals surface area contributed by atoms with Crippen LogP contribution in [0.1, 0.15) is 31.2 Å². The minimum absolute atomic E-state index is 0.277. The molecular weight excluding hydrogens is 286 g/mol. The number of imidazole rings is 1. The van der Waals surface area contributed by atoms with Crippen LogP contribution in [0.15, 0.2) is 42.6 Å². The lowest BCUT2D eigenvalue weighted by Crippen LogP contribution is -2.16. The standard InChI is InChI=1S/C19H21N3O/c1-13-6-11-17-21-18(14-7-9-16(23)10-8-14)19(22(17)12-13)20-15-4-2-3-5-15/h6-12,15,20,23H,2-5H2,1H3. The molecule has 1 aliphatic rings. The first-order chi connectivity index (χ1) is 11.2. The van der Waals surface area contributed by atoms with Gasteiger partial charge in [0.25, 0.3) is 0 Å². The summed E-state index contributed by atoms with van der Waals surface area (Å²) in [6.45, 7) is 2.10. The number of nitrogens with one attached hydrogen (secondary N) is 1. The Morgan fingerprint density at radius 3 is 2.57 bits per heavy atom. The Bertz CT molecular complexity index is 830. The summed E-state index contributed by atoms with van der Waals surface area (Å²) in [6.07, 6.45) is 7.15. The van der Waals surface area contributed by atoms with Crippen LogP contribution in [0.4, 0.5) is 5.82 Å². The highest BCUT2D eigenvalue weighted by Crippen LogP contribution is 2.32. The molecular formula is C19H21N3O. The van der Waals surface area contributed by atoms with Crippen molar-refractivity contribution in [3.05, 3.63) is 48.2 Å². The summed E-state index contributed by atoms with van der Waals surface area (Å²) >= 11 is 0. The van der Waals surface area contributed by atoms with Gasteiger partial charge in [0.05, 0.1) is 0 Å². The molecule has 4 heteroatoms. The van der Waals surface area contributed by atoms with Crippen molar-refractivity contribution >= 4 is 11.5 Å². The average Bonchev–Trinajstić information content (AvgIpc) is 3.17. The second-order valence-corrected chi connectivity index (χ2v) is 6.42. The smallest absolute Gasteiger partial charge is 0.139 e. The zero-order valence-corrected chi connectivity index (χ0v) is 13.3. The minimum Gasteiger partial charge on any atom is -0.508 e. The van der Waals surface area contributed by atoms with E-state index in [1.54, 1.807) is 12.1 Å². The van der Waals surface area contributed by atoms with E-state index in [9.17, 15) is 5.11 Å².